The molecular formula is C33H27N5. The Labute approximate surface area is 221 Å². The van der Waals surface area contributed by atoms with E-state index in [1.54, 1.807) is 0 Å². The van der Waals surface area contributed by atoms with Crippen molar-refractivity contribution in [3.05, 3.63) is 120 Å². The topological polar surface area (TPSA) is 88.1 Å². The van der Waals surface area contributed by atoms with Crippen LogP contribution in [0.5, 0.6) is 0 Å². The van der Waals surface area contributed by atoms with E-state index in [-0.39, 0.29) is 0 Å². The third kappa shape index (κ3) is 4.20. The monoisotopic (exact) mass is 493 g/mol. The number of nitrogens with two attached hydrogens (primary N) is 2. The number of benzene rings is 6. The molecule has 0 radical (unpaired) electrons. The molecule has 0 saturated carbocycles. The van der Waals surface area contributed by atoms with Gasteiger partial charge in [0, 0.05) is 51.9 Å². The first kappa shape index (κ1) is 22.1. The highest BCUT2D eigenvalue weighted by atomic mass is 14.9. The third-order valence-electron chi connectivity index (χ3n) is 7.17. The SMILES string of the molecule is Nc1ccc2cc(Nc3ccc4c(c3)Cc3ccc(Nc5ccc6cc(N)ccc6c5)cc3N4)ccc2c1. The molecule has 5 nitrogen and oxygen atoms in total. The number of nitrogen functional groups attached to an aromatic ring is 2. The van der Waals surface area contributed by atoms with E-state index in [2.05, 4.69) is 101 Å². The van der Waals surface area contributed by atoms with Gasteiger partial charge in [-0.15, -0.1) is 0 Å². The minimum Gasteiger partial charge on any atom is -0.399 e. The molecule has 38 heavy (non-hydrogen) atoms. The fourth-order valence-electron chi connectivity index (χ4n) is 5.23. The molecule has 0 spiro atoms. The smallest absolute Gasteiger partial charge is 0.0441 e. The molecule has 0 aromatic heterocycles. The van der Waals surface area contributed by atoms with Crippen molar-refractivity contribution in [1.29, 1.82) is 0 Å². The van der Waals surface area contributed by atoms with Gasteiger partial charge in [-0.05, 0) is 112 Å². The zero-order valence-corrected chi connectivity index (χ0v) is 20.8. The summed E-state index contributed by atoms with van der Waals surface area (Å²) in [5.74, 6) is 0. The van der Waals surface area contributed by atoms with Crippen LogP contribution in [0.15, 0.2) is 109 Å². The van der Waals surface area contributed by atoms with Crippen molar-refractivity contribution in [2.75, 3.05) is 27.4 Å². The second-order valence-electron chi connectivity index (χ2n) is 9.94. The maximum Gasteiger partial charge on any atom is 0.0441 e. The lowest BCUT2D eigenvalue weighted by Crippen LogP contribution is -2.07. The summed E-state index contributed by atoms with van der Waals surface area (Å²) in [5, 5.41) is 15.3. The van der Waals surface area contributed by atoms with Gasteiger partial charge in [0.1, 0.15) is 0 Å². The number of anilines is 8. The zero-order chi connectivity index (χ0) is 25.6. The van der Waals surface area contributed by atoms with Crippen LogP contribution in [0.25, 0.3) is 21.5 Å². The van der Waals surface area contributed by atoms with Crippen molar-refractivity contribution < 1.29 is 0 Å². The minimum atomic E-state index is 0.779. The summed E-state index contributed by atoms with van der Waals surface area (Å²) in [6.45, 7) is 0. The Hall–Kier alpha value is -5.16. The van der Waals surface area contributed by atoms with Crippen molar-refractivity contribution in [3.8, 4) is 0 Å². The number of fused-ring (bicyclic) bond motifs is 4. The van der Waals surface area contributed by atoms with Crippen LogP contribution < -0.4 is 27.4 Å². The Kier molecular flexibility index (Phi) is 5.08. The van der Waals surface area contributed by atoms with E-state index >= 15 is 0 Å². The van der Waals surface area contributed by atoms with Crippen LogP contribution >= 0.6 is 0 Å². The lowest BCUT2D eigenvalue weighted by molar-refractivity contribution is 1.16. The molecule has 6 aromatic rings. The molecule has 0 bridgehead atoms. The average Bonchev–Trinajstić information content (AvgIpc) is 2.92. The first-order valence-corrected chi connectivity index (χ1v) is 12.7. The van der Waals surface area contributed by atoms with Crippen LogP contribution in [0.2, 0.25) is 0 Å². The van der Waals surface area contributed by atoms with E-state index in [9.17, 15) is 0 Å². The molecule has 0 saturated heterocycles. The second-order valence-corrected chi connectivity index (χ2v) is 9.94. The summed E-state index contributed by atoms with van der Waals surface area (Å²) in [7, 11) is 0. The van der Waals surface area contributed by atoms with E-state index in [0.717, 1.165) is 73.5 Å². The lowest BCUT2D eigenvalue weighted by Gasteiger charge is -2.23. The molecule has 1 heterocycles. The maximum absolute atomic E-state index is 5.92. The first-order chi connectivity index (χ1) is 18.6. The summed E-state index contributed by atoms with van der Waals surface area (Å²) in [6, 6.07) is 37.7. The van der Waals surface area contributed by atoms with E-state index in [1.165, 1.54) is 11.1 Å². The maximum atomic E-state index is 5.92. The Morgan fingerprint density at radius 2 is 0.947 bits per heavy atom. The number of nitrogens with one attached hydrogen (secondary N) is 3. The van der Waals surface area contributed by atoms with Crippen molar-refractivity contribution >= 4 is 67.0 Å². The van der Waals surface area contributed by atoms with Gasteiger partial charge in [-0.25, -0.2) is 0 Å². The van der Waals surface area contributed by atoms with Crippen LogP contribution in [-0.2, 0) is 6.42 Å². The molecule has 6 aromatic carbocycles. The quantitative estimate of drug-likeness (QED) is 0.159. The van der Waals surface area contributed by atoms with Gasteiger partial charge in [0.15, 0.2) is 0 Å². The second kappa shape index (κ2) is 8.75. The van der Waals surface area contributed by atoms with Gasteiger partial charge in [0.25, 0.3) is 0 Å². The van der Waals surface area contributed by atoms with Gasteiger partial charge < -0.3 is 27.4 Å². The normalized spacial score (nSPS) is 12.0. The van der Waals surface area contributed by atoms with Crippen molar-refractivity contribution in [1.82, 2.24) is 0 Å². The predicted octanol–water partition coefficient (Wildman–Crippen LogP) is 8.29. The molecule has 184 valence electrons. The van der Waals surface area contributed by atoms with E-state index in [0.29, 0.717) is 0 Å². The zero-order valence-electron chi connectivity index (χ0n) is 20.8. The molecule has 0 aliphatic carbocycles. The molecule has 0 fully saturated rings. The molecule has 5 heteroatoms. The van der Waals surface area contributed by atoms with Crippen LogP contribution in [0.3, 0.4) is 0 Å². The van der Waals surface area contributed by atoms with Crippen LogP contribution in [0, 0.1) is 0 Å². The predicted molar refractivity (Wildman–Crippen MR) is 162 cm³/mol. The first-order valence-electron chi connectivity index (χ1n) is 12.7. The summed E-state index contributed by atoms with van der Waals surface area (Å²) in [5.41, 5.74) is 22.4. The van der Waals surface area contributed by atoms with E-state index < -0.39 is 0 Å². The lowest BCUT2D eigenvalue weighted by atomic mass is 9.96. The van der Waals surface area contributed by atoms with Gasteiger partial charge in [-0.2, -0.15) is 0 Å². The molecule has 1 aliphatic rings. The molecule has 0 amide bonds. The highest BCUT2D eigenvalue weighted by molar-refractivity contribution is 5.90. The minimum absolute atomic E-state index is 0.779. The fraction of sp³-hybridized carbons (Fsp3) is 0.0303. The van der Waals surface area contributed by atoms with Gasteiger partial charge >= 0.3 is 0 Å². The van der Waals surface area contributed by atoms with Gasteiger partial charge in [-0.1, -0.05) is 30.3 Å². The third-order valence-corrected chi connectivity index (χ3v) is 7.17. The number of rotatable bonds is 4. The summed E-state index contributed by atoms with van der Waals surface area (Å²) in [4.78, 5) is 0. The summed E-state index contributed by atoms with van der Waals surface area (Å²) < 4.78 is 0. The Morgan fingerprint density at radius 3 is 1.61 bits per heavy atom. The van der Waals surface area contributed by atoms with Gasteiger partial charge in [-0.3, -0.25) is 0 Å². The summed E-state index contributed by atoms with van der Waals surface area (Å²) in [6.07, 6.45) is 0.877. The van der Waals surface area contributed by atoms with E-state index in [1.807, 2.05) is 24.3 Å². The molecule has 7 rings (SSSR count). The van der Waals surface area contributed by atoms with E-state index in [4.69, 9.17) is 11.5 Å². The highest BCUT2D eigenvalue weighted by Crippen LogP contribution is 2.37. The molecule has 1 aliphatic heterocycles. The molecule has 7 N–H and O–H groups in total. The van der Waals surface area contributed by atoms with Crippen molar-refractivity contribution in [3.63, 3.8) is 0 Å². The molecular weight excluding hydrogens is 466 g/mol. The van der Waals surface area contributed by atoms with Crippen LogP contribution in [0.1, 0.15) is 11.1 Å². The van der Waals surface area contributed by atoms with Crippen molar-refractivity contribution in [2.45, 2.75) is 6.42 Å². The Morgan fingerprint density at radius 1 is 0.447 bits per heavy atom. The van der Waals surface area contributed by atoms with Crippen molar-refractivity contribution in [2.24, 2.45) is 0 Å². The number of hydrogen-bond donors (Lipinski definition) is 5. The van der Waals surface area contributed by atoms with Gasteiger partial charge in [0.05, 0.1) is 0 Å². The van der Waals surface area contributed by atoms with Crippen LogP contribution in [-0.4, -0.2) is 0 Å². The van der Waals surface area contributed by atoms with Gasteiger partial charge in [0.2, 0.25) is 0 Å². The average molecular weight is 494 g/mol. The fourth-order valence-corrected chi connectivity index (χ4v) is 5.23. The molecule has 0 unspecified atom stereocenters. The Bertz CT molecular complexity index is 1720. The number of hydrogen-bond acceptors (Lipinski definition) is 5. The largest absolute Gasteiger partial charge is 0.399 e. The van der Waals surface area contributed by atoms with Crippen LogP contribution in [0.4, 0.5) is 45.5 Å². The standard InChI is InChI=1S/C33H27N5/c34-26-6-1-22-16-28(8-3-20(22)14-26)36-30-11-12-32-25(18-30)13-24-5-10-31(19-33(24)38-32)37-29-9-4-21-15-27(35)7-2-23(21)17-29/h1-12,14-19,36-38H,13,34-35H2. The highest BCUT2D eigenvalue weighted by Gasteiger charge is 2.16. The summed E-state index contributed by atoms with van der Waals surface area (Å²) >= 11 is 0. The Balaban J connectivity index is 1.09. The molecule has 0 atom stereocenters.